The maximum atomic E-state index is 3.32. The summed E-state index contributed by atoms with van der Waals surface area (Å²) in [6.07, 6.45) is 3.85. The van der Waals surface area contributed by atoms with E-state index in [1.165, 1.54) is 49.2 Å². The number of hydrogen-bond donors (Lipinski definition) is 1. The first-order chi connectivity index (χ1) is 9.11. The fraction of sp³-hybridized carbons (Fsp3) is 0.647. The highest BCUT2D eigenvalue weighted by molar-refractivity contribution is 5.59. The molecule has 0 bridgehead atoms. The van der Waals surface area contributed by atoms with Gasteiger partial charge in [-0.25, -0.2) is 0 Å². The van der Waals surface area contributed by atoms with Crippen molar-refractivity contribution in [1.82, 2.24) is 5.32 Å². The molecule has 0 fully saturated rings. The van der Waals surface area contributed by atoms with Crippen LogP contribution < -0.4 is 10.2 Å². The third kappa shape index (κ3) is 3.50. The molecule has 0 spiro atoms. The molecule has 1 aliphatic heterocycles. The molecule has 2 nitrogen and oxygen atoms in total. The van der Waals surface area contributed by atoms with E-state index >= 15 is 0 Å². The highest BCUT2D eigenvalue weighted by Crippen LogP contribution is 2.30. The summed E-state index contributed by atoms with van der Waals surface area (Å²) in [5, 5.41) is 3.32. The molecule has 0 amide bonds. The molecule has 0 aromatic heterocycles. The van der Waals surface area contributed by atoms with Crippen molar-refractivity contribution < 1.29 is 0 Å². The van der Waals surface area contributed by atoms with Gasteiger partial charge in [0.05, 0.1) is 0 Å². The van der Waals surface area contributed by atoms with Gasteiger partial charge in [-0.2, -0.15) is 0 Å². The van der Waals surface area contributed by atoms with Gasteiger partial charge in [-0.05, 0) is 56.3 Å². The third-order valence-electron chi connectivity index (χ3n) is 4.24. The lowest BCUT2D eigenvalue weighted by atomic mass is 10.0. The molecule has 1 unspecified atom stereocenters. The van der Waals surface area contributed by atoms with E-state index < -0.39 is 0 Å². The lowest BCUT2D eigenvalue weighted by Crippen LogP contribution is -2.22. The van der Waals surface area contributed by atoms with Crippen molar-refractivity contribution in [2.45, 2.75) is 46.1 Å². The minimum absolute atomic E-state index is 0.445. The zero-order chi connectivity index (χ0) is 13.8. The van der Waals surface area contributed by atoms with Crippen molar-refractivity contribution in [2.75, 3.05) is 25.0 Å². The molecule has 2 heteroatoms. The Morgan fingerprint density at radius 1 is 1.26 bits per heavy atom. The third-order valence-corrected chi connectivity index (χ3v) is 4.24. The van der Waals surface area contributed by atoms with Gasteiger partial charge in [-0.1, -0.05) is 26.0 Å². The van der Waals surface area contributed by atoms with Crippen molar-refractivity contribution in [3.8, 4) is 0 Å². The lowest BCUT2D eigenvalue weighted by Gasteiger charge is -2.20. The molecule has 0 aliphatic carbocycles. The summed E-state index contributed by atoms with van der Waals surface area (Å²) >= 11 is 0. The van der Waals surface area contributed by atoms with Crippen LogP contribution in [0, 0.1) is 5.92 Å². The maximum absolute atomic E-state index is 3.32. The molecule has 0 radical (unpaired) electrons. The van der Waals surface area contributed by atoms with Gasteiger partial charge in [0.15, 0.2) is 0 Å². The van der Waals surface area contributed by atoms with Crippen molar-refractivity contribution in [1.29, 1.82) is 0 Å². The monoisotopic (exact) mass is 260 g/mol. The highest BCUT2D eigenvalue weighted by Gasteiger charge is 2.19. The van der Waals surface area contributed by atoms with Gasteiger partial charge >= 0.3 is 0 Å². The minimum Gasteiger partial charge on any atom is -0.371 e. The minimum atomic E-state index is 0.445. The van der Waals surface area contributed by atoms with Crippen LogP contribution in [0.3, 0.4) is 0 Å². The predicted octanol–water partition coefficient (Wildman–Crippen LogP) is 3.77. The van der Waals surface area contributed by atoms with Crippen LogP contribution in [0.2, 0.25) is 0 Å². The molecule has 0 saturated heterocycles. The second-order valence-electron chi connectivity index (χ2n) is 6.17. The van der Waals surface area contributed by atoms with E-state index in [1.807, 2.05) is 7.05 Å². The summed E-state index contributed by atoms with van der Waals surface area (Å²) in [6, 6.07) is 7.43. The molecule has 106 valence electrons. The summed E-state index contributed by atoms with van der Waals surface area (Å²) in [5.74, 6) is 0.820. The smallest absolute Gasteiger partial charge is 0.0399 e. The number of nitrogens with zero attached hydrogens (tertiary/aromatic N) is 1. The van der Waals surface area contributed by atoms with E-state index in [0.29, 0.717) is 6.04 Å². The topological polar surface area (TPSA) is 15.3 Å². The molecule has 1 aromatic carbocycles. The van der Waals surface area contributed by atoms with E-state index in [1.54, 1.807) is 0 Å². The SMILES string of the molecule is CNC(C)c1ccc2c(c1)CCN2CCCC(C)C. The van der Waals surface area contributed by atoms with Crippen LogP contribution in [-0.2, 0) is 6.42 Å². The average molecular weight is 260 g/mol. The first-order valence-electron chi connectivity index (χ1n) is 7.67. The largest absolute Gasteiger partial charge is 0.371 e. The quantitative estimate of drug-likeness (QED) is 0.837. The van der Waals surface area contributed by atoms with Gasteiger partial charge in [0.1, 0.15) is 0 Å². The fourth-order valence-corrected chi connectivity index (χ4v) is 2.85. The number of hydrogen-bond acceptors (Lipinski definition) is 2. The second kappa shape index (κ2) is 6.42. The molecule has 1 heterocycles. The zero-order valence-electron chi connectivity index (χ0n) is 12.9. The zero-order valence-corrected chi connectivity index (χ0v) is 12.9. The molecular weight excluding hydrogens is 232 g/mol. The molecule has 1 N–H and O–H groups in total. The predicted molar refractivity (Wildman–Crippen MR) is 83.9 cm³/mol. The van der Waals surface area contributed by atoms with Gasteiger partial charge in [-0.3, -0.25) is 0 Å². The Kier molecular flexibility index (Phi) is 4.87. The van der Waals surface area contributed by atoms with E-state index in [4.69, 9.17) is 0 Å². The van der Waals surface area contributed by atoms with Gasteiger partial charge < -0.3 is 10.2 Å². The van der Waals surface area contributed by atoms with Crippen LogP contribution in [0.1, 0.15) is 50.8 Å². The van der Waals surface area contributed by atoms with Crippen LogP contribution in [0.5, 0.6) is 0 Å². The Hall–Kier alpha value is -1.02. The molecule has 19 heavy (non-hydrogen) atoms. The van der Waals surface area contributed by atoms with Crippen LogP contribution in [0.15, 0.2) is 18.2 Å². The molecular formula is C17H28N2. The Morgan fingerprint density at radius 3 is 2.74 bits per heavy atom. The summed E-state index contributed by atoms with van der Waals surface area (Å²) in [5.41, 5.74) is 4.41. The maximum Gasteiger partial charge on any atom is 0.0399 e. The normalized spacial score (nSPS) is 15.9. The van der Waals surface area contributed by atoms with Crippen molar-refractivity contribution in [3.63, 3.8) is 0 Å². The Labute approximate surface area is 118 Å². The number of anilines is 1. The number of rotatable bonds is 6. The average Bonchev–Trinajstić information content (AvgIpc) is 2.80. The summed E-state index contributed by atoms with van der Waals surface area (Å²) in [7, 11) is 2.02. The van der Waals surface area contributed by atoms with Gasteiger partial charge in [0, 0.05) is 24.8 Å². The Bertz CT molecular complexity index is 412. The summed E-state index contributed by atoms with van der Waals surface area (Å²) in [6.45, 7) is 9.25. The summed E-state index contributed by atoms with van der Waals surface area (Å²) in [4.78, 5) is 2.56. The summed E-state index contributed by atoms with van der Waals surface area (Å²) < 4.78 is 0. The van der Waals surface area contributed by atoms with Crippen LogP contribution in [-0.4, -0.2) is 20.1 Å². The molecule has 1 aromatic rings. The van der Waals surface area contributed by atoms with Crippen LogP contribution in [0.25, 0.3) is 0 Å². The molecule has 2 rings (SSSR count). The highest BCUT2D eigenvalue weighted by atomic mass is 15.1. The Balaban J connectivity index is 2.00. The van der Waals surface area contributed by atoms with Crippen molar-refractivity contribution in [3.05, 3.63) is 29.3 Å². The first kappa shape index (κ1) is 14.4. The second-order valence-corrected chi connectivity index (χ2v) is 6.17. The first-order valence-corrected chi connectivity index (χ1v) is 7.67. The van der Waals surface area contributed by atoms with Crippen molar-refractivity contribution >= 4 is 5.69 Å². The number of benzene rings is 1. The molecule has 1 atom stereocenters. The Morgan fingerprint density at radius 2 is 2.05 bits per heavy atom. The fourth-order valence-electron chi connectivity index (χ4n) is 2.85. The number of fused-ring (bicyclic) bond motifs is 1. The van der Waals surface area contributed by atoms with E-state index in [0.717, 1.165) is 5.92 Å². The van der Waals surface area contributed by atoms with E-state index in [2.05, 4.69) is 49.2 Å². The number of nitrogens with one attached hydrogen (secondary N) is 1. The van der Waals surface area contributed by atoms with Gasteiger partial charge in [-0.15, -0.1) is 0 Å². The van der Waals surface area contributed by atoms with E-state index in [-0.39, 0.29) is 0 Å². The lowest BCUT2D eigenvalue weighted by molar-refractivity contribution is 0.552. The van der Waals surface area contributed by atoms with Gasteiger partial charge in [0.25, 0.3) is 0 Å². The standard InChI is InChI=1S/C17H28N2/c1-13(2)6-5-10-19-11-9-16-12-15(14(3)18-4)7-8-17(16)19/h7-8,12-14,18H,5-6,9-11H2,1-4H3. The van der Waals surface area contributed by atoms with Crippen molar-refractivity contribution in [2.24, 2.45) is 5.92 Å². The molecule has 0 saturated carbocycles. The van der Waals surface area contributed by atoms with Crippen LogP contribution in [0.4, 0.5) is 5.69 Å². The van der Waals surface area contributed by atoms with Crippen LogP contribution >= 0.6 is 0 Å². The van der Waals surface area contributed by atoms with E-state index in [9.17, 15) is 0 Å². The molecule has 1 aliphatic rings. The van der Waals surface area contributed by atoms with Gasteiger partial charge in [0.2, 0.25) is 0 Å².